The third kappa shape index (κ3) is 6.72. The maximum Gasteiger partial charge on any atom is 0.186 e. The van der Waals surface area contributed by atoms with Crippen molar-refractivity contribution in [2.24, 2.45) is 5.92 Å². The molecule has 0 saturated carbocycles. The van der Waals surface area contributed by atoms with Crippen LogP contribution in [0.2, 0.25) is 0 Å². The molecule has 0 aliphatic heterocycles. The molecule has 0 aromatic heterocycles. The molecule has 3 heteroatoms. The van der Waals surface area contributed by atoms with Crippen LogP contribution in [0, 0.1) is 5.92 Å². The van der Waals surface area contributed by atoms with Crippen LogP contribution in [0.15, 0.2) is 0 Å². The van der Waals surface area contributed by atoms with Gasteiger partial charge >= 0.3 is 0 Å². The van der Waals surface area contributed by atoms with E-state index in [1.165, 1.54) is 11.8 Å². The monoisotopic (exact) mass is 230 g/mol. The van der Waals surface area contributed by atoms with Gasteiger partial charge in [0.2, 0.25) is 0 Å². The Balaban J connectivity index is 4.27. The number of aldehydes is 1. The van der Waals surface area contributed by atoms with E-state index in [0.717, 1.165) is 38.4 Å². The Bertz CT molecular complexity index is 192. The standard InChI is InChI=1S/C12H22O2S/c1-4-6-8-12(15-10(3)14)11(9-13)7-5-2/h9,11-12H,4-8H2,1-3H3. The number of unbranched alkanes of at least 4 members (excludes halogenated alkanes) is 1. The Morgan fingerprint density at radius 2 is 1.93 bits per heavy atom. The minimum absolute atomic E-state index is 0.0513. The highest BCUT2D eigenvalue weighted by atomic mass is 32.2. The first-order valence-corrected chi connectivity index (χ1v) is 6.66. The first-order chi connectivity index (χ1) is 7.15. The normalized spacial score (nSPS) is 14.6. The fourth-order valence-electron chi connectivity index (χ4n) is 1.65. The molecule has 0 N–H and O–H groups in total. The van der Waals surface area contributed by atoms with Crippen molar-refractivity contribution in [1.29, 1.82) is 0 Å². The first-order valence-electron chi connectivity index (χ1n) is 5.78. The van der Waals surface area contributed by atoms with E-state index in [9.17, 15) is 9.59 Å². The quantitative estimate of drug-likeness (QED) is 0.599. The molecule has 0 saturated heterocycles. The van der Waals surface area contributed by atoms with Crippen molar-refractivity contribution < 1.29 is 9.59 Å². The molecule has 0 fully saturated rings. The maximum absolute atomic E-state index is 11.1. The zero-order valence-corrected chi connectivity index (χ0v) is 10.8. The molecular formula is C12H22O2S. The molecule has 0 aromatic carbocycles. The summed E-state index contributed by atoms with van der Waals surface area (Å²) >= 11 is 1.34. The smallest absolute Gasteiger partial charge is 0.186 e. The van der Waals surface area contributed by atoms with Crippen molar-refractivity contribution in [3.05, 3.63) is 0 Å². The van der Waals surface area contributed by atoms with E-state index < -0.39 is 0 Å². The number of carbonyl (C=O) groups excluding carboxylic acids is 2. The summed E-state index contributed by atoms with van der Waals surface area (Å²) in [7, 11) is 0. The number of carbonyl (C=O) groups is 2. The van der Waals surface area contributed by atoms with Gasteiger partial charge < -0.3 is 4.79 Å². The van der Waals surface area contributed by atoms with E-state index in [-0.39, 0.29) is 16.3 Å². The SMILES string of the molecule is CCCCC(SC(C)=O)C(C=O)CCC. The van der Waals surface area contributed by atoms with Crippen molar-refractivity contribution >= 4 is 23.2 Å². The lowest BCUT2D eigenvalue weighted by Gasteiger charge is -2.20. The summed E-state index contributed by atoms with van der Waals surface area (Å²) in [5.41, 5.74) is 0. The minimum atomic E-state index is 0.0513. The van der Waals surface area contributed by atoms with Gasteiger partial charge in [-0.25, -0.2) is 0 Å². The molecule has 0 radical (unpaired) electrons. The van der Waals surface area contributed by atoms with Crippen LogP contribution in [0.25, 0.3) is 0 Å². The molecule has 15 heavy (non-hydrogen) atoms. The topological polar surface area (TPSA) is 34.1 Å². The summed E-state index contributed by atoms with van der Waals surface area (Å²) in [4.78, 5) is 22.0. The van der Waals surface area contributed by atoms with Crippen molar-refractivity contribution in [3.8, 4) is 0 Å². The Morgan fingerprint density at radius 3 is 2.33 bits per heavy atom. The van der Waals surface area contributed by atoms with Gasteiger partial charge in [-0.1, -0.05) is 44.9 Å². The van der Waals surface area contributed by atoms with E-state index in [0.29, 0.717) is 0 Å². The van der Waals surface area contributed by atoms with Crippen LogP contribution in [0.1, 0.15) is 52.9 Å². The molecule has 88 valence electrons. The predicted octanol–water partition coefficient (Wildman–Crippen LogP) is 3.44. The number of hydrogen-bond donors (Lipinski definition) is 0. The molecule has 2 unspecified atom stereocenters. The second-order valence-electron chi connectivity index (χ2n) is 3.88. The summed E-state index contributed by atoms with van der Waals surface area (Å²) in [5.74, 6) is 0.0513. The second-order valence-corrected chi connectivity index (χ2v) is 5.29. The van der Waals surface area contributed by atoms with Crippen molar-refractivity contribution in [3.63, 3.8) is 0 Å². The molecule has 0 amide bonds. The lowest BCUT2D eigenvalue weighted by molar-refractivity contribution is -0.111. The summed E-state index contributed by atoms with van der Waals surface area (Å²) in [6.45, 7) is 5.79. The van der Waals surface area contributed by atoms with Crippen LogP contribution in [0.5, 0.6) is 0 Å². The highest BCUT2D eigenvalue weighted by Crippen LogP contribution is 2.27. The fourth-order valence-corrected chi connectivity index (χ4v) is 2.74. The van der Waals surface area contributed by atoms with Crippen molar-refractivity contribution in [1.82, 2.24) is 0 Å². The summed E-state index contributed by atoms with van der Waals surface area (Å²) < 4.78 is 0. The minimum Gasteiger partial charge on any atom is -0.303 e. The molecule has 0 heterocycles. The fraction of sp³-hybridized carbons (Fsp3) is 0.833. The van der Waals surface area contributed by atoms with Gasteiger partial charge in [-0.3, -0.25) is 4.79 Å². The van der Waals surface area contributed by atoms with Gasteiger partial charge in [0.05, 0.1) is 0 Å². The van der Waals surface area contributed by atoms with E-state index in [4.69, 9.17) is 0 Å². The second kappa shape index (κ2) is 8.96. The van der Waals surface area contributed by atoms with Crippen molar-refractivity contribution in [2.75, 3.05) is 0 Å². The summed E-state index contributed by atoms with van der Waals surface area (Å²) in [6.07, 6.45) is 6.12. The van der Waals surface area contributed by atoms with E-state index in [2.05, 4.69) is 13.8 Å². The third-order valence-corrected chi connectivity index (χ3v) is 3.65. The zero-order valence-electron chi connectivity index (χ0n) is 9.99. The molecule has 0 aromatic rings. The molecule has 0 spiro atoms. The Morgan fingerprint density at radius 1 is 1.27 bits per heavy atom. The highest BCUT2D eigenvalue weighted by Gasteiger charge is 2.21. The Hall–Kier alpha value is -0.310. The van der Waals surface area contributed by atoms with Crippen LogP contribution >= 0.6 is 11.8 Å². The third-order valence-electron chi connectivity index (χ3n) is 2.43. The lowest BCUT2D eigenvalue weighted by atomic mass is 9.97. The molecule has 0 bridgehead atoms. The van der Waals surface area contributed by atoms with E-state index in [1.807, 2.05) is 0 Å². The van der Waals surface area contributed by atoms with E-state index >= 15 is 0 Å². The van der Waals surface area contributed by atoms with Crippen LogP contribution in [0.4, 0.5) is 0 Å². The first kappa shape index (κ1) is 14.7. The van der Waals surface area contributed by atoms with Gasteiger partial charge in [0.1, 0.15) is 6.29 Å². The molecule has 2 atom stereocenters. The zero-order chi connectivity index (χ0) is 11.7. The van der Waals surface area contributed by atoms with Crippen molar-refractivity contribution in [2.45, 2.75) is 58.1 Å². The molecule has 0 rings (SSSR count). The Kier molecular flexibility index (Phi) is 8.77. The number of rotatable bonds is 8. The van der Waals surface area contributed by atoms with Crippen LogP contribution in [-0.2, 0) is 9.59 Å². The maximum atomic E-state index is 11.1. The summed E-state index contributed by atoms with van der Waals surface area (Å²) in [6, 6.07) is 0. The van der Waals surface area contributed by atoms with Gasteiger partial charge in [0, 0.05) is 18.1 Å². The van der Waals surface area contributed by atoms with Crippen LogP contribution in [0.3, 0.4) is 0 Å². The largest absolute Gasteiger partial charge is 0.303 e. The molecule has 2 nitrogen and oxygen atoms in total. The molecule has 0 aliphatic carbocycles. The lowest BCUT2D eigenvalue weighted by Crippen LogP contribution is -2.20. The van der Waals surface area contributed by atoms with Gasteiger partial charge in [0.25, 0.3) is 0 Å². The van der Waals surface area contributed by atoms with Gasteiger partial charge in [-0.15, -0.1) is 0 Å². The number of thioether (sulfide) groups is 1. The molecular weight excluding hydrogens is 208 g/mol. The van der Waals surface area contributed by atoms with E-state index in [1.54, 1.807) is 6.92 Å². The molecule has 0 aliphatic rings. The van der Waals surface area contributed by atoms with Crippen LogP contribution in [-0.4, -0.2) is 16.7 Å². The average Bonchev–Trinajstić information content (AvgIpc) is 2.20. The predicted molar refractivity (Wildman–Crippen MR) is 66.0 cm³/mol. The van der Waals surface area contributed by atoms with Gasteiger partial charge in [0.15, 0.2) is 5.12 Å². The number of hydrogen-bond acceptors (Lipinski definition) is 3. The van der Waals surface area contributed by atoms with Gasteiger partial charge in [-0.05, 0) is 12.8 Å². The van der Waals surface area contributed by atoms with Crippen LogP contribution < -0.4 is 0 Å². The van der Waals surface area contributed by atoms with Gasteiger partial charge in [-0.2, -0.15) is 0 Å². The summed E-state index contributed by atoms with van der Waals surface area (Å²) in [5, 5.41) is 0.318. The highest BCUT2D eigenvalue weighted by molar-refractivity contribution is 8.14. The Labute approximate surface area is 97.2 Å². The average molecular weight is 230 g/mol.